The fourth-order valence-corrected chi connectivity index (χ4v) is 14.9. The highest BCUT2D eigenvalue weighted by molar-refractivity contribution is 6.12. The lowest BCUT2D eigenvalue weighted by Crippen LogP contribution is -2.49. The van der Waals surface area contributed by atoms with E-state index in [0.717, 1.165) is 40.3 Å². The number of para-hydroxylation sites is 3. The van der Waals surface area contributed by atoms with E-state index in [2.05, 4.69) is 264 Å². The van der Waals surface area contributed by atoms with Crippen LogP contribution >= 0.6 is 0 Å². The van der Waals surface area contributed by atoms with E-state index in [9.17, 15) is 0 Å². The molecule has 15 rings (SSSR count). The van der Waals surface area contributed by atoms with Gasteiger partial charge in [-0.25, -0.2) is 0 Å². The van der Waals surface area contributed by atoms with E-state index in [1.54, 1.807) is 11.1 Å². The molecule has 3 aliphatic carbocycles. The molecule has 2 fully saturated rings. The van der Waals surface area contributed by atoms with Gasteiger partial charge in [-0.15, -0.1) is 0 Å². The van der Waals surface area contributed by atoms with Crippen molar-refractivity contribution in [2.75, 3.05) is 4.90 Å². The van der Waals surface area contributed by atoms with Gasteiger partial charge in [0.2, 0.25) is 0 Å². The molecule has 2 heterocycles. The molecule has 0 radical (unpaired) electrons. The van der Waals surface area contributed by atoms with Crippen LogP contribution < -0.4 is 4.90 Å². The molecule has 10 aromatic carbocycles. The van der Waals surface area contributed by atoms with Crippen molar-refractivity contribution in [1.82, 2.24) is 9.13 Å². The largest absolute Gasteiger partial charge is 0.310 e. The summed E-state index contributed by atoms with van der Waals surface area (Å²) in [5.41, 5.74) is 21.4. The molecular weight excluding hydrogens is 895 g/mol. The van der Waals surface area contributed by atoms with Crippen molar-refractivity contribution < 1.29 is 0 Å². The maximum Gasteiger partial charge on any atom is 0.0547 e. The molecule has 0 aliphatic heterocycles. The van der Waals surface area contributed by atoms with Gasteiger partial charge in [0, 0.05) is 55.4 Å². The minimum Gasteiger partial charge on any atom is -0.310 e. The van der Waals surface area contributed by atoms with Gasteiger partial charge in [0.05, 0.1) is 22.1 Å². The Morgan fingerprint density at radius 2 is 0.905 bits per heavy atom. The molecule has 12 aromatic rings. The summed E-state index contributed by atoms with van der Waals surface area (Å²) in [5.74, 6) is 2.95. The SMILES string of the molecule is CC1CC2CC(C)C3(c4ccccc4-c4cc(-c5ccc6c7cc(N(c8ccc(-c9ccccc9)cc8)c8ccc(-n9c%10ccccc%10c%10ccccc%109)cc8)ccc7n(-c7ccccc7)c6c5)ccc43)C(C1)C2. The summed E-state index contributed by atoms with van der Waals surface area (Å²) in [5, 5.41) is 4.98. The van der Waals surface area contributed by atoms with Gasteiger partial charge in [0.15, 0.2) is 0 Å². The molecule has 0 N–H and O–H groups in total. The van der Waals surface area contributed by atoms with Crippen LogP contribution in [0.15, 0.2) is 237 Å². The van der Waals surface area contributed by atoms with Crippen molar-refractivity contribution >= 4 is 60.7 Å². The Bertz CT molecular complexity index is 4070. The number of fused-ring (bicyclic) bond motifs is 14. The third kappa shape index (κ3) is 6.51. The molecule has 3 heteroatoms. The van der Waals surface area contributed by atoms with E-state index in [1.165, 1.54) is 103 Å². The van der Waals surface area contributed by atoms with Crippen molar-refractivity contribution in [1.29, 1.82) is 0 Å². The summed E-state index contributed by atoms with van der Waals surface area (Å²) in [6, 6.07) is 88.5. The molecule has 2 aromatic heterocycles. The first kappa shape index (κ1) is 43.2. The van der Waals surface area contributed by atoms with E-state index >= 15 is 0 Å². The molecule has 3 nitrogen and oxygen atoms in total. The zero-order chi connectivity index (χ0) is 49.1. The summed E-state index contributed by atoms with van der Waals surface area (Å²) in [7, 11) is 0. The molecule has 356 valence electrons. The molecule has 5 unspecified atom stereocenters. The average Bonchev–Trinajstić information content (AvgIpc) is 4.14. The van der Waals surface area contributed by atoms with E-state index in [1.807, 2.05) is 0 Å². The summed E-state index contributed by atoms with van der Waals surface area (Å²) >= 11 is 0. The standard InChI is InChI=1S/C71H57N3/c1-46-39-48-41-47(2)71(53(40-46)42-48)65-22-12-9-19-59(65)63-43-51(28-37-66(63)71)52-27-36-62-64-45-58(35-38-69(64)74(70(62)44-52)54-17-7-4-8-18-54)72(55-29-25-50(26-30-55)49-15-5-3-6-16-49)56-31-33-57(34-32-56)73-67-23-13-10-20-60(67)61-21-11-14-24-68(61)73/h3-38,43-48,53H,39-42H2,1-2H3. The number of nitrogens with zero attached hydrogens (tertiary/aromatic N) is 3. The number of rotatable bonds is 7. The van der Waals surface area contributed by atoms with Crippen LogP contribution in [0.25, 0.3) is 88.4 Å². The van der Waals surface area contributed by atoms with Gasteiger partial charge in [0.25, 0.3) is 0 Å². The van der Waals surface area contributed by atoms with Gasteiger partial charge in [-0.3, -0.25) is 0 Å². The second kappa shape index (κ2) is 16.8. The van der Waals surface area contributed by atoms with Crippen LogP contribution in [0, 0.1) is 23.7 Å². The summed E-state index contributed by atoms with van der Waals surface area (Å²) in [4.78, 5) is 2.42. The lowest BCUT2D eigenvalue weighted by molar-refractivity contribution is 0.0426. The number of hydrogen-bond donors (Lipinski definition) is 0. The van der Waals surface area contributed by atoms with Gasteiger partial charge in [-0.2, -0.15) is 0 Å². The lowest BCUT2D eigenvalue weighted by atomic mass is 9.49. The van der Waals surface area contributed by atoms with Gasteiger partial charge in [0.1, 0.15) is 0 Å². The summed E-state index contributed by atoms with van der Waals surface area (Å²) in [6.07, 6.45) is 5.41. The fraction of sp³-hybridized carbons (Fsp3) is 0.155. The predicted molar refractivity (Wildman–Crippen MR) is 311 cm³/mol. The second-order valence-electron chi connectivity index (χ2n) is 21.9. The first-order chi connectivity index (χ1) is 36.5. The van der Waals surface area contributed by atoms with Crippen molar-refractivity contribution in [2.24, 2.45) is 23.7 Å². The van der Waals surface area contributed by atoms with Gasteiger partial charge >= 0.3 is 0 Å². The Morgan fingerprint density at radius 3 is 1.66 bits per heavy atom. The Hall–Kier alpha value is -8.40. The van der Waals surface area contributed by atoms with Crippen molar-refractivity contribution in [3.63, 3.8) is 0 Å². The normalized spacial score (nSPS) is 19.9. The highest BCUT2D eigenvalue weighted by Crippen LogP contribution is 2.64. The third-order valence-electron chi connectivity index (χ3n) is 17.8. The van der Waals surface area contributed by atoms with Crippen LogP contribution in [0.5, 0.6) is 0 Å². The van der Waals surface area contributed by atoms with Crippen LogP contribution in [-0.4, -0.2) is 9.13 Å². The highest BCUT2D eigenvalue weighted by Gasteiger charge is 2.56. The van der Waals surface area contributed by atoms with Crippen LogP contribution in [0.3, 0.4) is 0 Å². The molecule has 2 saturated carbocycles. The Morgan fingerprint density at radius 1 is 0.365 bits per heavy atom. The number of hydrogen-bond acceptors (Lipinski definition) is 1. The monoisotopic (exact) mass is 951 g/mol. The Labute approximate surface area is 433 Å². The molecular formula is C71H57N3. The molecule has 0 amide bonds. The first-order valence-corrected chi connectivity index (χ1v) is 26.9. The van der Waals surface area contributed by atoms with E-state index in [0.29, 0.717) is 11.8 Å². The lowest BCUT2D eigenvalue weighted by Gasteiger charge is -2.54. The maximum absolute atomic E-state index is 2.57. The van der Waals surface area contributed by atoms with Crippen LogP contribution in [-0.2, 0) is 5.41 Å². The molecule has 5 atom stereocenters. The minimum absolute atomic E-state index is 0.0865. The number of aromatic nitrogens is 2. The van der Waals surface area contributed by atoms with Crippen LogP contribution in [0.4, 0.5) is 17.1 Å². The van der Waals surface area contributed by atoms with E-state index in [-0.39, 0.29) is 5.41 Å². The predicted octanol–water partition coefficient (Wildman–Crippen LogP) is 19.0. The van der Waals surface area contributed by atoms with E-state index < -0.39 is 0 Å². The van der Waals surface area contributed by atoms with Crippen molar-refractivity contribution in [3.05, 3.63) is 248 Å². The molecule has 3 aliphatic rings. The molecule has 0 saturated heterocycles. The van der Waals surface area contributed by atoms with Crippen LogP contribution in [0.2, 0.25) is 0 Å². The molecule has 2 bridgehead atoms. The third-order valence-corrected chi connectivity index (χ3v) is 17.8. The highest BCUT2D eigenvalue weighted by atomic mass is 15.1. The van der Waals surface area contributed by atoms with E-state index in [4.69, 9.17) is 0 Å². The topological polar surface area (TPSA) is 13.1 Å². The number of benzene rings is 10. The Kier molecular flexibility index (Phi) is 9.83. The minimum atomic E-state index is 0.0865. The van der Waals surface area contributed by atoms with Gasteiger partial charge in [-0.1, -0.05) is 159 Å². The average molecular weight is 952 g/mol. The first-order valence-electron chi connectivity index (χ1n) is 26.9. The van der Waals surface area contributed by atoms with Gasteiger partial charge < -0.3 is 14.0 Å². The fourth-order valence-electron chi connectivity index (χ4n) is 14.9. The number of anilines is 3. The van der Waals surface area contributed by atoms with Gasteiger partial charge in [-0.05, 0) is 185 Å². The zero-order valence-corrected chi connectivity index (χ0v) is 42.0. The maximum atomic E-state index is 2.57. The van der Waals surface area contributed by atoms with Crippen LogP contribution in [0.1, 0.15) is 50.7 Å². The second-order valence-corrected chi connectivity index (χ2v) is 21.9. The zero-order valence-electron chi connectivity index (χ0n) is 42.0. The van der Waals surface area contributed by atoms with Crippen molar-refractivity contribution in [2.45, 2.75) is 44.9 Å². The summed E-state index contributed by atoms with van der Waals surface area (Å²) < 4.78 is 4.87. The van der Waals surface area contributed by atoms with Crippen molar-refractivity contribution in [3.8, 4) is 44.8 Å². The summed E-state index contributed by atoms with van der Waals surface area (Å²) in [6.45, 7) is 5.08. The molecule has 74 heavy (non-hydrogen) atoms. The quantitative estimate of drug-likeness (QED) is 0.155. The Balaban J connectivity index is 0.873. The smallest absolute Gasteiger partial charge is 0.0547 e. The molecule has 1 spiro atoms.